The van der Waals surface area contributed by atoms with Crippen LogP contribution in [0, 0.1) is 11.3 Å². The van der Waals surface area contributed by atoms with Crippen LogP contribution in [0.4, 0.5) is 0 Å². The third-order valence-corrected chi connectivity index (χ3v) is 4.49. The first kappa shape index (κ1) is 18.5. The van der Waals surface area contributed by atoms with Gasteiger partial charge in [-0.05, 0) is 45.4 Å². The van der Waals surface area contributed by atoms with E-state index in [9.17, 15) is 5.26 Å². The Kier molecular flexibility index (Phi) is 8.96. The molecule has 1 rings (SSSR count). The molecule has 0 aromatic carbocycles. The van der Waals surface area contributed by atoms with Gasteiger partial charge >= 0.3 is 0 Å². The van der Waals surface area contributed by atoms with Crippen molar-refractivity contribution < 1.29 is 4.74 Å². The number of hydrogen-bond acceptors (Lipinski definition) is 3. The summed E-state index contributed by atoms with van der Waals surface area (Å²) in [5, 5.41) is 13.0. The molecule has 0 spiro atoms. The third kappa shape index (κ3) is 7.83. The minimum atomic E-state index is -0.325. The first-order valence-corrected chi connectivity index (χ1v) is 8.96. The highest BCUT2D eigenvalue weighted by Gasteiger charge is 2.34. The van der Waals surface area contributed by atoms with Gasteiger partial charge in [-0.2, -0.15) is 5.26 Å². The Hall–Kier alpha value is -0.590. The lowest BCUT2D eigenvalue weighted by Crippen LogP contribution is -2.44. The molecule has 1 N–H and O–H groups in total. The van der Waals surface area contributed by atoms with Gasteiger partial charge in [-0.3, -0.25) is 5.32 Å². The topological polar surface area (TPSA) is 45.0 Å². The molecule has 0 aromatic heterocycles. The maximum Gasteiger partial charge on any atom is 0.106 e. The van der Waals surface area contributed by atoms with E-state index in [-0.39, 0.29) is 5.54 Å². The number of nitrogens with one attached hydrogen (secondary N) is 1. The van der Waals surface area contributed by atoms with Crippen molar-refractivity contribution in [2.45, 2.75) is 103 Å². The zero-order valence-corrected chi connectivity index (χ0v) is 14.3. The summed E-state index contributed by atoms with van der Waals surface area (Å²) in [6.07, 6.45) is 12.0. The SMILES string of the molecule is CCCCCCC(C)OCCCC(C#N)(CC)NC1CC1. The average molecular weight is 294 g/mol. The number of unbranched alkanes of at least 4 members (excludes halogenated alkanes) is 3. The van der Waals surface area contributed by atoms with Crippen LogP contribution in [0.15, 0.2) is 0 Å². The molecule has 1 fully saturated rings. The fourth-order valence-corrected chi connectivity index (χ4v) is 2.74. The molecule has 0 aromatic rings. The van der Waals surface area contributed by atoms with Gasteiger partial charge in [0, 0.05) is 12.6 Å². The van der Waals surface area contributed by atoms with Crippen molar-refractivity contribution in [1.82, 2.24) is 5.32 Å². The van der Waals surface area contributed by atoms with Crippen LogP contribution < -0.4 is 5.32 Å². The van der Waals surface area contributed by atoms with Gasteiger partial charge in [0.1, 0.15) is 5.54 Å². The molecule has 1 saturated carbocycles. The Balaban J connectivity index is 2.11. The lowest BCUT2D eigenvalue weighted by Gasteiger charge is -2.27. The second-order valence-electron chi connectivity index (χ2n) is 6.60. The first-order chi connectivity index (χ1) is 10.2. The van der Waals surface area contributed by atoms with Gasteiger partial charge in [0.15, 0.2) is 0 Å². The highest BCUT2D eigenvalue weighted by molar-refractivity contribution is 5.09. The zero-order valence-electron chi connectivity index (χ0n) is 14.3. The average Bonchev–Trinajstić information content (AvgIpc) is 3.31. The van der Waals surface area contributed by atoms with Gasteiger partial charge in [-0.1, -0.05) is 39.5 Å². The van der Waals surface area contributed by atoms with Gasteiger partial charge in [0.05, 0.1) is 12.2 Å². The monoisotopic (exact) mass is 294 g/mol. The molecule has 3 nitrogen and oxygen atoms in total. The molecular formula is C18H34N2O. The molecule has 2 unspecified atom stereocenters. The van der Waals surface area contributed by atoms with Crippen LogP contribution >= 0.6 is 0 Å². The summed E-state index contributed by atoms with van der Waals surface area (Å²) >= 11 is 0. The van der Waals surface area contributed by atoms with Crippen molar-refractivity contribution in [3.63, 3.8) is 0 Å². The molecule has 2 atom stereocenters. The second kappa shape index (κ2) is 10.2. The second-order valence-corrected chi connectivity index (χ2v) is 6.60. The van der Waals surface area contributed by atoms with Crippen LogP contribution in [0.2, 0.25) is 0 Å². The standard InChI is InChI=1S/C18H34N2O/c1-4-6-7-8-10-16(3)21-14-9-13-18(5-2,15-19)20-17-11-12-17/h16-17,20H,4-14H2,1-3H3. The largest absolute Gasteiger partial charge is 0.379 e. The van der Waals surface area contributed by atoms with Crippen molar-refractivity contribution in [3.05, 3.63) is 0 Å². The number of nitrogens with zero attached hydrogens (tertiary/aromatic N) is 1. The lowest BCUT2D eigenvalue weighted by molar-refractivity contribution is 0.0532. The van der Waals surface area contributed by atoms with Crippen LogP contribution in [0.25, 0.3) is 0 Å². The van der Waals surface area contributed by atoms with Crippen molar-refractivity contribution in [1.29, 1.82) is 5.26 Å². The van der Waals surface area contributed by atoms with Gasteiger partial charge in [0.25, 0.3) is 0 Å². The molecular weight excluding hydrogens is 260 g/mol. The Bertz CT molecular complexity index is 309. The van der Waals surface area contributed by atoms with E-state index < -0.39 is 0 Å². The van der Waals surface area contributed by atoms with E-state index in [1.54, 1.807) is 0 Å². The lowest BCUT2D eigenvalue weighted by atomic mass is 9.92. The smallest absolute Gasteiger partial charge is 0.106 e. The molecule has 0 heterocycles. The predicted molar refractivity (Wildman–Crippen MR) is 88.2 cm³/mol. The van der Waals surface area contributed by atoms with E-state index in [4.69, 9.17) is 4.74 Å². The number of nitriles is 1. The van der Waals surface area contributed by atoms with Crippen molar-refractivity contribution in [3.8, 4) is 6.07 Å². The van der Waals surface area contributed by atoms with Gasteiger partial charge in [0.2, 0.25) is 0 Å². The summed E-state index contributed by atoms with van der Waals surface area (Å²) in [4.78, 5) is 0. The van der Waals surface area contributed by atoms with Crippen LogP contribution in [0.3, 0.4) is 0 Å². The predicted octanol–water partition coefficient (Wildman–Crippen LogP) is 4.57. The maximum absolute atomic E-state index is 9.48. The highest BCUT2D eigenvalue weighted by Crippen LogP contribution is 2.26. The van der Waals surface area contributed by atoms with E-state index >= 15 is 0 Å². The van der Waals surface area contributed by atoms with Crippen LogP contribution in [0.1, 0.15) is 85.0 Å². The third-order valence-electron chi connectivity index (χ3n) is 4.49. The van der Waals surface area contributed by atoms with Crippen molar-refractivity contribution in [2.24, 2.45) is 0 Å². The Labute approximate surface area is 131 Å². The van der Waals surface area contributed by atoms with E-state index in [0.29, 0.717) is 12.1 Å². The molecule has 0 radical (unpaired) electrons. The van der Waals surface area contributed by atoms with E-state index in [0.717, 1.165) is 32.3 Å². The van der Waals surface area contributed by atoms with Crippen LogP contribution in [0.5, 0.6) is 0 Å². The number of rotatable bonds is 13. The minimum Gasteiger partial charge on any atom is -0.379 e. The highest BCUT2D eigenvalue weighted by atomic mass is 16.5. The van der Waals surface area contributed by atoms with E-state index in [1.165, 1.54) is 38.5 Å². The fourth-order valence-electron chi connectivity index (χ4n) is 2.74. The molecule has 3 heteroatoms. The molecule has 0 saturated heterocycles. The van der Waals surface area contributed by atoms with E-state index in [2.05, 4.69) is 32.2 Å². The van der Waals surface area contributed by atoms with Gasteiger partial charge in [-0.15, -0.1) is 0 Å². The summed E-state index contributed by atoms with van der Waals surface area (Å²) in [6, 6.07) is 3.09. The first-order valence-electron chi connectivity index (χ1n) is 8.96. The van der Waals surface area contributed by atoms with Crippen LogP contribution in [-0.2, 0) is 4.74 Å². The number of hydrogen-bond donors (Lipinski definition) is 1. The summed E-state index contributed by atoms with van der Waals surface area (Å²) in [6.45, 7) is 7.30. The summed E-state index contributed by atoms with van der Waals surface area (Å²) in [5.74, 6) is 0. The molecule has 21 heavy (non-hydrogen) atoms. The summed E-state index contributed by atoms with van der Waals surface area (Å²) in [5.41, 5.74) is -0.325. The van der Waals surface area contributed by atoms with Gasteiger partial charge < -0.3 is 4.74 Å². The maximum atomic E-state index is 9.48. The zero-order chi connectivity index (χ0) is 15.6. The summed E-state index contributed by atoms with van der Waals surface area (Å²) < 4.78 is 5.89. The van der Waals surface area contributed by atoms with Crippen molar-refractivity contribution in [2.75, 3.05) is 6.61 Å². The van der Waals surface area contributed by atoms with Crippen LogP contribution in [-0.4, -0.2) is 24.3 Å². The Morgan fingerprint density at radius 1 is 1.24 bits per heavy atom. The van der Waals surface area contributed by atoms with Crippen molar-refractivity contribution >= 4 is 0 Å². The molecule has 1 aliphatic rings. The molecule has 0 amide bonds. The normalized spacial score (nSPS) is 19.0. The molecule has 1 aliphatic carbocycles. The fraction of sp³-hybridized carbons (Fsp3) is 0.944. The Morgan fingerprint density at radius 2 is 2.00 bits per heavy atom. The minimum absolute atomic E-state index is 0.325. The Morgan fingerprint density at radius 3 is 2.57 bits per heavy atom. The quantitative estimate of drug-likeness (QED) is 0.506. The molecule has 0 bridgehead atoms. The van der Waals surface area contributed by atoms with Gasteiger partial charge in [-0.25, -0.2) is 0 Å². The van der Waals surface area contributed by atoms with E-state index in [1.807, 2.05) is 0 Å². The number of ether oxygens (including phenoxy) is 1. The molecule has 122 valence electrons. The molecule has 0 aliphatic heterocycles. The summed E-state index contributed by atoms with van der Waals surface area (Å²) in [7, 11) is 0.